The third-order valence-electron chi connectivity index (χ3n) is 10.7. The summed E-state index contributed by atoms with van der Waals surface area (Å²) < 4.78 is 6.91. The summed E-state index contributed by atoms with van der Waals surface area (Å²) in [7, 11) is 0. The van der Waals surface area contributed by atoms with E-state index in [9.17, 15) is 9.90 Å². The van der Waals surface area contributed by atoms with Crippen molar-refractivity contribution in [1.29, 1.82) is 0 Å². The molecule has 0 aliphatic heterocycles. The second-order valence-corrected chi connectivity index (χ2v) is 17.6. The van der Waals surface area contributed by atoms with Gasteiger partial charge in [0.15, 0.2) is 5.78 Å². The molecule has 5 aromatic rings. The molecule has 281 valence electrons. The summed E-state index contributed by atoms with van der Waals surface area (Å²) in [5.41, 5.74) is 10.3. The maximum absolute atomic E-state index is 11.7. The molecule has 0 atom stereocenters. The Balaban J connectivity index is 0.000000323. The van der Waals surface area contributed by atoms with Crippen molar-refractivity contribution in [1.82, 2.24) is 4.98 Å². The van der Waals surface area contributed by atoms with Crippen molar-refractivity contribution in [3.05, 3.63) is 88.7 Å². The van der Waals surface area contributed by atoms with Gasteiger partial charge in [0, 0.05) is 43.4 Å². The molecule has 1 aliphatic rings. The third-order valence-corrected chi connectivity index (χ3v) is 10.7. The maximum Gasteiger partial charge on any atom is 0.162 e. The summed E-state index contributed by atoms with van der Waals surface area (Å²) in [5.74, 6) is 0.547. The number of nitrogens with zero attached hydrogens (tertiary/aromatic N) is 1. The van der Waals surface area contributed by atoms with Gasteiger partial charge in [-0.3, -0.25) is 9.78 Å². The normalized spacial score (nSPS) is 14.1. The number of carbonyl (C=O) groups excluding carboxylic acids is 1. The molecule has 1 radical (unpaired) electrons. The predicted octanol–water partition coefficient (Wildman–Crippen LogP) is 13.3. The van der Waals surface area contributed by atoms with E-state index < -0.39 is 0 Å². The van der Waals surface area contributed by atoms with Gasteiger partial charge in [-0.2, -0.15) is 0 Å². The topological polar surface area (TPSA) is 63.3 Å². The Labute approximate surface area is 326 Å². The Hall–Kier alpha value is -3.27. The van der Waals surface area contributed by atoms with E-state index in [4.69, 9.17) is 9.40 Å². The van der Waals surface area contributed by atoms with E-state index in [0.29, 0.717) is 0 Å². The van der Waals surface area contributed by atoms with Crippen molar-refractivity contribution in [2.24, 2.45) is 22.7 Å². The fourth-order valence-electron chi connectivity index (χ4n) is 7.85. The van der Waals surface area contributed by atoms with Crippen LogP contribution in [0.4, 0.5) is 0 Å². The molecule has 0 unspecified atom stereocenters. The van der Waals surface area contributed by atoms with Crippen LogP contribution in [0, 0.1) is 28.7 Å². The number of furan rings is 1. The number of aliphatic hydroxyl groups excluding tert-OH is 1. The zero-order valence-corrected chi connectivity index (χ0v) is 36.0. The zero-order valence-electron chi connectivity index (χ0n) is 33.6. The SMILES string of the molecule is CC(C)(C)Cc1c[c-]c2c3c1oc1c(CC(C)(C)C)ccc(c13)C(C)(C)c1cc3ccccc3nc1-2.CCC(CC)C(=O)/C=C(\O)C(CC)CC.[Ir]. The Morgan fingerprint density at radius 3 is 2.00 bits per heavy atom. The van der Waals surface area contributed by atoms with E-state index in [1.54, 1.807) is 0 Å². The fraction of sp³-hybridized carbons (Fsp3) is 0.489. The number of aliphatic hydroxyl groups is 1. The van der Waals surface area contributed by atoms with Crippen LogP contribution < -0.4 is 0 Å². The maximum atomic E-state index is 11.7. The quantitative estimate of drug-likeness (QED) is 0.0910. The molecule has 3 aromatic carbocycles. The molecule has 0 amide bonds. The Morgan fingerprint density at radius 1 is 0.827 bits per heavy atom. The molecule has 0 bridgehead atoms. The van der Waals surface area contributed by atoms with Gasteiger partial charge in [0.1, 0.15) is 5.58 Å². The van der Waals surface area contributed by atoms with Crippen LogP contribution in [0.15, 0.2) is 64.8 Å². The van der Waals surface area contributed by atoms with Crippen LogP contribution in [0.3, 0.4) is 0 Å². The molecular formula is C47H60IrNO3-. The molecule has 0 saturated carbocycles. The molecule has 2 heterocycles. The number of carbonyl (C=O) groups is 1. The van der Waals surface area contributed by atoms with Gasteiger partial charge in [-0.1, -0.05) is 142 Å². The van der Waals surface area contributed by atoms with Gasteiger partial charge in [0.05, 0.1) is 16.9 Å². The number of hydrogen-bond donors (Lipinski definition) is 1. The number of pyridine rings is 1. The van der Waals surface area contributed by atoms with Crippen molar-refractivity contribution in [3.8, 4) is 11.3 Å². The Bertz CT molecular complexity index is 2080. The second kappa shape index (κ2) is 16.0. The molecule has 52 heavy (non-hydrogen) atoms. The zero-order chi connectivity index (χ0) is 37.5. The van der Waals surface area contributed by atoms with Gasteiger partial charge in [-0.05, 0) is 76.6 Å². The number of benzene rings is 3. The van der Waals surface area contributed by atoms with Gasteiger partial charge in [-0.25, -0.2) is 0 Å². The number of ketones is 1. The summed E-state index contributed by atoms with van der Waals surface area (Å²) in [4.78, 5) is 17.0. The van der Waals surface area contributed by atoms with Crippen molar-refractivity contribution in [3.63, 3.8) is 0 Å². The van der Waals surface area contributed by atoms with Gasteiger partial charge < -0.3 is 9.52 Å². The monoisotopic (exact) mass is 879 g/mol. The smallest absolute Gasteiger partial charge is 0.162 e. The molecule has 1 N–H and O–H groups in total. The first-order valence-corrected chi connectivity index (χ1v) is 19.2. The minimum atomic E-state index is -0.237. The second-order valence-electron chi connectivity index (χ2n) is 17.6. The molecule has 5 heteroatoms. The number of aromatic nitrogens is 1. The van der Waals surface area contributed by atoms with Crippen LogP contribution in [-0.2, 0) is 43.2 Å². The summed E-state index contributed by atoms with van der Waals surface area (Å²) in [6.45, 7) is 26.5. The first kappa shape index (κ1) is 41.5. The summed E-state index contributed by atoms with van der Waals surface area (Å²) >= 11 is 0. The van der Waals surface area contributed by atoms with Crippen LogP contribution in [0.1, 0.15) is 131 Å². The van der Waals surface area contributed by atoms with Crippen molar-refractivity contribution in [2.45, 2.75) is 127 Å². The van der Waals surface area contributed by atoms with Crippen molar-refractivity contribution < 1.29 is 34.4 Å². The molecule has 2 aromatic heterocycles. The predicted molar refractivity (Wildman–Crippen MR) is 216 cm³/mol. The van der Waals surface area contributed by atoms with Gasteiger partial charge in [0.2, 0.25) is 0 Å². The number of hydrogen-bond acceptors (Lipinski definition) is 4. The number of allylic oxidation sites excluding steroid dienone is 2. The number of fused-ring (bicyclic) bond motifs is 3. The first-order chi connectivity index (χ1) is 23.9. The molecule has 0 fully saturated rings. The minimum absolute atomic E-state index is 0. The van der Waals surface area contributed by atoms with E-state index >= 15 is 0 Å². The van der Waals surface area contributed by atoms with Gasteiger partial charge in [0.25, 0.3) is 0 Å². The Kier molecular flexibility index (Phi) is 12.8. The van der Waals surface area contributed by atoms with Gasteiger partial charge in [-0.15, -0.1) is 17.7 Å². The fourth-order valence-corrected chi connectivity index (χ4v) is 7.85. The van der Waals surface area contributed by atoms with E-state index in [0.717, 1.165) is 66.5 Å². The standard InChI is InChI=1S/C34H36NO.C13H24O2.Ir/c1-32(2,3)18-21-13-15-23-27-28-24(16-14-22(19-33(4,5)6)31(28)36-30(21)27)34(7,8)25-17-20-11-9-10-12-26(20)35-29(23)25;1-5-10(6-2)12(14)9-13(15)11(7-3)8-4;/h9-14,16-17H,18-19H2,1-8H3;9-11,14H,5-8H2,1-4H3;/q-1;;/b;12-9-;. The number of rotatable bonds is 9. The van der Waals surface area contributed by atoms with Crippen LogP contribution >= 0.6 is 0 Å². The van der Waals surface area contributed by atoms with E-state index in [1.807, 2.05) is 27.7 Å². The van der Waals surface area contributed by atoms with E-state index in [1.165, 1.54) is 44.5 Å². The Morgan fingerprint density at radius 2 is 1.40 bits per heavy atom. The molecule has 4 nitrogen and oxygen atoms in total. The number of para-hydroxylation sites is 1. The molecule has 0 spiro atoms. The molecule has 1 aliphatic carbocycles. The molecule has 0 saturated heterocycles. The van der Waals surface area contributed by atoms with Crippen LogP contribution in [0.5, 0.6) is 0 Å². The largest absolute Gasteiger partial charge is 0.512 e. The van der Waals surface area contributed by atoms with Crippen LogP contribution in [0.25, 0.3) is 44.1 Å². The van der Waals surface area contributed by atoms with E-state index in [-0.39, 0.29) is 59.7 Å². The average molecular weight is 879 g/mol. The van der Waals surface area contributed by atoms with E-state index in [2.05, 4.69) is 110 Å². The summed E-state index contributed by atoms with van der Waals surface area (Å²) in [6, 6.07) is 21.3. The molecule has 6 rings (SSSR count). The third kappa shape index (κ3) is 8.42. The minimum Gasteiger partial charge on any atom is -0.512 e. The average Bonchev–Trinajstić information content (AvgIpc) is 3.43. The summed E-state index contributed by atoms with van der Waals surface area (Å²) in [6.07, 6.45) is 6.81. The first-order valence-electron chi connectivity index (χ1n) is 19.2. The summed E-state index contributed by atoms with van der Waals surface area (Å²) in [5, 5.41) is 13.4. The van der Waals surface area contributed by atoms with Crippen molar-refractivity contribution >= 4 is 38.6 Å². The van der Waals surface area contributed by atoms with Crippen molar-refractivity contribution in [2.75, 3.05) is 0 Å². The molecular weight excluding hydrogens is 819 g/mol. The van der Waals surface area contributed by atoms with Crippen LogP contribution in [-0.4, -0.2) is 15.9 Å². The van der Waals surface area contributed by atoms with Gasteiger partial charge >= 0.3 is 0 Å². The van der Waals surface area contributed by atoms with Crippen LogP contribution in [0.2, 0.25) is 0 Å².